The second kappa shape index (κ2) is 13.5. The Balaban J connectivity index is 1.40. The molecule has 1 unspecified atom stereocenters. The van der Waals surface area contributed by atoms with Crippen molar-refractivity contribution >= 4 is 0 Å². The van der Waals surface area contributed by atoms with Crippen LogP contribution in [0.1, 0.15) is 37.7 Å². The number of hydrogen-bond acceptors (Lipinski definition) is 5. The van der Waals surface area contributed by atoms with Crippen molar-refractivity contribution in [2.24, 2.45) is 0 Å². The average Bonchev–Trinajstić information content (AvgIpc) is 2.75. The molecule has 0 saturated heterocycles. The highest BCUT2D eigenvalue weighted by atomic mass is 16.5. The number of rotatable bonds is 15. The van der Waals surface area contributed by atoms with Crippen molar-refractivity contribution < 1.29 is 14.9 Å². The molecule has 28 heavy (non-hydrogen) atoms. The molecule has 0 aromatic heterocycles. The second-order valence-corrected chi connectivity index (χ2v) is 7.44. The minimum Gasteiger partial charge on any atom is -0.394 e. The van der Waals surface area contributed by atoms with Crippen LogP contribution in [0.3, 0.4) is 0 Å². The van der Waals surface area contributed by atoms with Crippen LogP contribution in [0.4, 0.5) is 0 Å². The SMILES string of the molecule is OCC1=CC=CC(CO)(CNCCCOCCCCCCc2ccccc2)N1. The van der Waals surface area contributed by atoms with Crippen LogP contribution >= 0.6 is 0 Å². The van der Waals surface area contributed by atoms with Crippen LogP contribution in [-0.4, -0.2) is 55.3 Å². The Kier molecular flexibility index (Phi) is 10.9. The normalized spacial score (nSPS) is 18.7. The zero-order chi connectivity index (χ0) is 19.9. The highest BCUT2D eigenvalue weighted by molar-refractivity contribution is 5.26. The highest BCUT2D eigenvalue weighted by Gasteiger charge is 2.27. The van der Waals surface area contributed by atoms with E-state index in [0.29, 0.717) is 6.54 Å². The van der Waals surface area contributed by atoms with Gasteiger partial charge in [0, 0.05) is 25.5 Å². The molecule has 1 aromatic rings. The van der Waals surface area contributed by atoms with Gasteiger partial charge >= 0.3 is 0 Å². The molecule has 2 rings (SSSR count). The maximum Gasteiger partial charge on any atom is 0.0914 e. The van der Waals surface area contributed by atoms with Gasteiger partial charge in [-0.3, -0.25) is 0 Å². The zero-order valence-electron chi connectivity index (χ0n) is 16.9. The van der Waals surface area contributed by atoms with Crippen molar-refractivity contribution in [2.75, 3.05) is 39.5 Å². The van der Waals surface area contributed by atoms with Crippen LogP contribution in [0.15, 0.2) is 54.3 Å². The van der Waals surface area contributed by atoms with Gasteiger partial charge in [-0.05, 0) is 43.9 Å². The maximum absolute atomic E-state index is 9.69. The standard InChI is InChI=1S/C23H36N2O3/c26-18-22-13-8-14-23(20-27,25-22)19-24-15-9-17-28-16-7-2-1-4-10-21-11-5-3-6-12-21/h3,5-6,8,11-14,24-27H,1-2,4,7,9-10,15-20H2. The summed E-state index contributed by atoms with van der Waals surface area (Å²) in [5.41, 5.74) is 1.62. The van der Waals surface area contributed by atoms with Crippen molar-refractivity contribution in [3.8, 4) is 0 Å². The summed E-state index contributed by atoms with van der Waals surface area (Å²) in [4.78, 5) is 0. The number of aryl methyl sites for hydroxylation is 1. The Hall–Kier alpha value is -1.66. The van der Waals surface area contributed by atoms with E-state index in [0.717, 1.165) is 38.3 Å². The van der Waals surface area contributed by atoms with E-state index in [2.05, 4.69) is 41.0 Å². The summed E-state index contributed by atoms with van der Waals surface area (Å²) < 4.78 is 5.72. The smallest absolute Gasteiger partial charge is 0.0914 e. The fourth-order valence-corrected chi connectivity index (χ4v) is 3.34. The second-order valence-electron chi connectivity index (χ2n) is 7.44. The van der Waals surface area contributed by atoms with Crippen LogP contribution < -0.4 is 10.6 Å². The summed E-state index contributed by atoms with van der Waals surface area (Å²) in [5.74, 6) is 0. The molecule has 0 amide bonds. The molecule has 1 aliphatic rings. The number of ether oxygens (including phenoxy) is 1. The Morgan fingerprint density at radius 1 is 0.964 bits per heavy atom. The first-order valence-electron chi connectivity index (χ1n) is 10.5. The van der Waals surface area contributed by atoms with Gasteiger partial charge in [0.25, 0.3) is 0 Å². The summed E-state index contributed by atoms with van der Waals surface area (Å²) in [6.07, 6.45) is 12.6. The molecule has 0 bridgehead atoms. The number of aliphatic hydroxyl groups is 2. The monoisotopic (exact) mass is 388 g/mol. The fourth-order valence-electron chi connectivity index (χ4n) is 3.34. The number of nitrogens with one attached hydrogen (secondary N) is 2. The van der Waals surface area contributed by atoms with Gasteiger partial charge in [-0.2, -0.15) is 0 Å². The molecule has 0 radical (unpaired) electrons. The third-order valence-corrected chi connectivity index (χ3v) is 5.00. The number of hydrogen-bond donors (Lipinski definition) is 4. The van der Waals surface area contributed by atoms with Gasteiger partial charge in [0.2, 0.25) is 0 Å². The molecule has 1 aliphatic heterocycles. The number of benzene rings is 1. The molecular weight excluding hydrogens is 352 g/mol. The summed E-state index contributed by atoms with van der Waals surface area (Å²) >= 11 is 0. The molecule has 0 saturated carbocycles. The number of dihydropyridines is 1. The summed E-state index contributed by atoms with van der Waals surface area (Å²) in [5, 5.41) is 25.5. The van der Waals surface area contributed by atoms with E-state index in [1.54, 1.807) is 0 Å². The van der Waals surface area contributed by atoms with E-state index >= 15 is 0 Å². The lowest BCUT2D eigenvalue weighted by molar-refractivity contribution is 0.126. The van der Waals surface area contributed by atoms with E-state index in [-0.39, 0.29) is 13.2 Å². The first kappa shape index (κ1) is 22.6. The predicted octanol–water partition coefficient (Wildman–Crippen LogP) is 2.55. The van der Waals surface area contributed by atoms with Crippen LogP contribution in [0.25, 0.3) is 0 Å². The third kappa shape index (κ3) is 8.57. The van der Waals surface area contributed by atoms with Crippen LogP contribution in [0, 0.1) is 0 Å². The van der Waals surface area contributed by atoms with E-state index < -0.39 is 5.54 Å². The van der Waals surface area contributed by atoms with Crippen molar-refractivity contribution in [3.05, 3.63) is 59.8 Å². The molecular formula is C23H36N2O3. The molecule has 156 valence electrons. The van der Waals surface area contributed by atoms with E-state index in [1.165, 1.54) is 31.2 Å². The molecule has 5 heteroatoms. The molecule has 1 atom stereocenters. The maximum atomic E-state index is 9.69. The number of aliphatic hydroxyl groups excluding tert-OH is 2. The summed E-state index contributed by atoms with van der Waals surface area (Å²) in [7, 11) is 0. The Morgan fingerprint density at radius 3 is 2.54 bits per heavy atom. The van der Waals surface area contributed by atoms with E-state index in [1.807, 2.05) is 18.2 Å². The van der Waals surface area contributed by atoms with E-state index in [9.17, 15) is 10.2 Å². The van der Waals surface area contributed by atoms with Crippen LogP contribution in [-0.2, 0) is 11.2 Å². The van der Waals surface area contributed by atoms with Gasteiger partial charge < -0.3 is 25.6 Å². The minimum absolute atomic E-state index is 0.0192. The Bertz CT molecular complexity index is 589. The van der Waals surface area contributed by atoms with Crippen molar-refractivity contribution in [1.82, 2.24) is 10.6 Å². The largest absolute Gasteiger partial charge is 0.394 e. The first-order chi connectivity index (χ1) is 13.8. The topological polar surface area (TPSA) is 73.8 Å². The third-order valence-electron chi connectivity index (χ3n) is 5.00. The molecule has 4 N–H and O–H groups in total. The summed E-state index contributed by atoms with van der Waals surface area (Å²) in [6.45, 7) is 2.97. The Morgan fingerprint density at radius 2 is 1.75 bits per heavy atom. The quantitative estimate of drug-likeness (QED) is 0.348. The molecule has 0 aliphatic carbocycles. The molecule has 0 fully saturated rings. The fraction of sp³-hybridized carbons (Fsp3) is 0.565. The van der Waals surface area contributed by atoms with Crippen molar-refractivity contribution in [2.45, 2.75) is 44.1 Å². The zero-order valence-corrected chi connectivity index (χ0v) is 16.9. The van der Waals surface area contributed by atoms with Gasteiger partial charge in [-0.15, -0.1) is 0 Å². The lowest BCUT2D eigenvalue weighted by Gasteiger charge is -2.34. The number of unbranched alkanes of at least 4 members (excludes halogenated alkanes) is 3. The molecule has 1 heterocycles. The van der Waals surface area contributed by atoms with Gasteiger partial charge in [0.1, 0.15) is 0 Å². The highest BCUT2D eigenvalue weighted by Crippen LogP contribution is 2.13. The lowest BCUT2D eigenvalue weighted by atomic mass is 9.96. The van der Waals surface area contributed by atoms with Crippen molar-refractivity contribution in [1.29, 1.82) is 0 Å². The van der Waals surface area contributed by atoms with Gasteiger partial charge in [0.15, 0.2) is 0 Å². The van der Waals surface area contributed by atoms with Crippen LogP contribution in [0.5, 0.6) is 0 Å². The minimum atomic E-state index is -0.534. The molecule has 0 spiro atoms. The van der Waals surface area contributed by atoms with Gasteiger partial charge in [-0.1, -0.05) is 55.3 Å². The first-order valence-corrected chi connectivity index (χ1v) is 10.5. The average molecular weight is 389 g/mol. The predicted molar refractivity (Wildman–Crippen MR) is 114 cm³/mol. The van der Waals surface area contributed by atoms with E-state index in [4.69, 9.17) is 4.74 Å². The lowest BCUT2D eigenvalue weighted by Crippen LogP contribution is -2.55. The van der Waals surface area contributed by atoms with Gasteiger partial charge in [-0.25, -0.2) is 0 Å². The molecule has 1 aromatic carbocycles. The summed E-state index contributed by atoms with van der Waals surface area (Å²) in [6, 6.07) is 10.7. The van der Waals surface area contributed by atoms with Gasteiger partial charge in [0.05, 0.1) is 18.8 Å². The Labute approximate surface area is 169 Å². The molecule has 5 nitrogen and oxygen atoms in total. The number of allylic oxidation sites excluding steroid dienone is 2. The van der Waals surface area contributed by atoms with Crippen molar-refractivity contribution in [3.63, 3.8) is 0 Å². The van der Waals surface area contributed by atoms with Crippen LogP contribution in [0.2, 0.25) is 0 Å².